The second-order valence-electron chi connectivity index (χ2n) is 13.5. The summed E-state index contributed by atoms with van der Waals surface area (Å²) in [7, 11) is 0. The molecule has 1 saturated carbocycles. The van der Waals surface area contributed by atoms with Crippen molar-refractivity contribution in [2.24, 2.45) is 17.8 Å². The van der Waals surface area contributed by atoms with Gasteiger partial charge in [0.1, 0.15) is 60.3 Å². The van der Waals surface area contributed by atoms with Crippen LogP contribution in [0.2, 0.25) is 0 Å². The van der Waals surface area contributed by atoms with Gasteiger partial charge in [-0.2, -0.15) is 0 Å². The van der Waals surface area contributed by atoms with Crippen LogP contribution in [0, 0.1) is 17.8 Å². The van der Waals surface area contributed by atoms with Gasteiger partial charge in [-0.3, -0.25) is 0 Å². The van der Waals surface area contributed by atoms with Gasteiger partial charge in [-0.15, -0.1) is 0 Å². The number of aliphatic hydroxyl groups is 8. The molecule has 2 aliphatic heterocycles. The summed E-state index contributed by atoms with van der Waals surface area (Å²) in [5.74, 6) is 1.43. The van der Waals surface area contributed by atoms with E-state index in [0.29, 0.717) is 29.4 Å². The van der Waals surface area contributed by atoms with E-state index < -0.39 is 74.6 Å². The van der Waals surface area contributed by atoms with Gasteiger partial charge >= 0.3 is 0 Å². The standard InChI is InChI=1S/C33H54O12/c1-5-6-7-8-18-12-21(42-32-30(40)28(38)26(36)23(14-34)44-32)25(20-11-17(4)9-10-19(20)16(2)3)22(13-18)43-33-31(41)29(39)27(37)24(15-35)45-33/h12-13,16-17,19-20,23-24,26-41H,5-11,14-15H2,1-4H3/t17-,19-,20+,23+,24+,26+,27+,28-,29-,30+,31+,32+,33+/m0/s1. The lowest BCUT2D eigenvalue weighted by molar-refractivity contribution is -0.279. The second kappa shape index (κ2) is 16.0. The highest BCUT2D eigenvalue weighted by Gasteiger charge is 2.47. The Morgan fingerprint density at radius 1 is 0.756 bits per heavy atom. The molecule has 2 saturated heterocycles. The summed E-state index contributed by atoms with van der Waals surface area (Å²) in [5.41, 5.74) is 1.48. The molecule has 3 aliphatic rings. The number of hydrogen-bond acceptors (Lipinski definition) is 12. The Kier molecular flexibility index (Phi) is 12.9. The van der Waals surface area contributed by atoms with Crippen LogP contribution < -0.4 is 9.47 Å². The van der Waals surface area contributed by atoms with E-state index >= 15 is 0 Å². The number of aryl methyl sites for hydroxylation is 1. The van der Waals surface area contributed by atoms with E-state index in [0.717, 1.165) is 44.1 Å². The average Bonchev–Trinajstić information content (AvgIpc) is 3.01. The van der Waals surface area contributed by atoms with Crippen molar-refractivity contribution in [1.29, 1.82) is 0 Å². The van der Waals surface area contributed by atoms with Gasteiger partial charge in [0.05, 0.1) is 13.2 Å². The van der Waals surface area contributed by atoms with Gasteiger partial charge in [0.25, 0.3) is 0 Å². The minimum Gasteiger partial charge on any atom is -0.462 e. The molecule has 0 radical (unpaired) electrons. The molecule has 0 amide bonds. The van der Waals surface area contributed by atoms with Crippen LogP contribution in [0.25, 0.3) is 0 Å². The molecule has 258 valence electrons. The van der Waals surface area contributed by atoms with Gasteiger partial charge in [0.15, 0.2) is 0 Å². The number of rotatable bonds is 12. The molecule has 1 aromatic rings. The molecule has 0 aromatic heterocycles. The summed E-state index contributed by atoms with van der Waals surface area (Å²) in [6.45, 7) is 7.39. The Hall–Kier alpha value is -1.58. The quantitative estimate of drug-likeness (QED) is 0.151. The molecule has 8 N–H and O–H groups in total. The maximum Gasteiger partial charge on any atom is 0.229 e. The Labute approximate surface area is 265 Å². The van der Waals surface area contributed by atoms with E-state index in [9.17, 15) is 40.9 Å². The van der Waals surface area contributed by atoms with Crippen molar-refractivity contribution >= 4 is 0 Å². The summed E-state index contributed by atoms with van der Waals surface area (Å²) in [4.78, 5) is 0. The van der Waals surface area contributed by atoms with Crippen molar-refractivity contribution in [2.45, 2.75) is 140 Å². The number of benzene rings is 1. The predicted octanol–water partition coefficient (Wildman–Crippen LogP) is 0.953. The van der Waals surface area contributed by atoms with E-state index in [1.165, 1.54) is 0 Å². The molecule has 12 heteroatoms. The topological polar surface area (TPSA) is 199 Å². The minimum atomic E-state index is -1.62. The van der Waals surface area contributed by atoms with Crippen molar-refractivity contribution in [2.75, 3.05) is 13.2 Å². The van der Waals surface area contributed by atoms with E-state index in [1.54, 1.807) is 0 Å². The lowest BCUT2D eigenvalue weighted by atomic mass is 9.67. The van der Waals surface area contributed by atoms with Crippen LogP contribution in [-0.4, -0.2) is 115 Å². The molecule has 0 spiro atoms. The number of unbranched alkanes of at least 4 members (excludes halogenated alkanes) is 2. The van der Waals surface area contributed by atoms with Gasteiger partial charge in [-0.05, 0) is 67.1 Å². The van der Waals surface area contributed by atoms with Crippen LogP contribution in [0.1, 0.15) is 83.3 Å². The van der Waals surface area contributed by atoms with Gasteiger partial charge in [-0.1, -0.05) is 47.0 Å². The highest BCUT2D eigenvalue weighted by molar-refractivity contribution is 5.51. The molecule has 0 bridgehead atoms. The fourth-order valence-electron chi connectivity index (χ4n) is 7.05. The van der Waals surface area contributed by atoms with E-state index in [1.807, 2.05) is 12.1 Å². The summed E-state index contributed by atoms with van der Waals surface area (Å²) in [6, 6.07) is 3.73. The smallest absolute Gasteiger partial charge is 0.229 e. The highest BCUT2D eigenvalue weighted by atomic mass is 16.7. The van der Waals surface area contributed by atoms with Crippen molar-refractivity contribution < 1.29 is 59.8 Å². The Morgan fingerprint density at radius 2 is 1.27 bits per heavy atom. The second-order valence-corrected chi connectivity index (χ2v) is 13.5. The Balaban J connectivity index is 1.84. The van der Waals surface area contributed by atoms with Crippen molar-refractivity contribution in [3.63, 3.8) is 0 Å². The first kappa shape index (κ1) is 36.3. The molecule has 13 atom stereocenters. The first-order valence-corrected chi connectivity index (χ1v) is 16.5. The van der Waals surface area contributed by atoms with Crippen LogP contribution in [0.5, 0.6) is 11.5 Å². The first-order valence-electron chi connectivity index (χ1n) is 16.5. The summed E-state index contributed by atoms with van der Waals surface area (Å²) in [5, 5.41) is 83.1. The van der Waals surface area contributed by atoms with Gasteiger partial charge in [0.2, 0.25) is 12.6 Å². The summed E-state index contributed by atoms with van der Waals surface area (Å²) < 4.78 is 24.3. The highest BCUT2D eigenvalue weighted by Crippen LogP contribution is 2.51. The first-order chi connectivity index (χ1) is 21.4. The van der Waals surface area contributed by atoms with Gasteiger partial charge < -0.3 is 59.8 Å². The Morgan fingerprint density at radius 3 is 1.71 bits per heavy atom. The summed E-state index contributed by atoms with van der Waals surface area (Å²) in [6.07, 6.45) is -8.50. The van der Waals surface area contributed by atoms with Crippen LogP contribution in [0.3, 0.4) is 0 Å². The van der Waals surface area contributed by atoms with Crippen LogP contribution in [0.4, 0.5) is 0 Å². The van der Waals surface area contributed by atoms with Gasteiger partial charge in [0, 0.05) is 5.56 Å². The molecular formula is C33H54O12. The zero-order valence-corrected chi connectivity index (χ0v) is 26.8. The zero-order chi connectivity index (χ0) is 33.0. The molecule has 2 heterocycles. The third-order valence-electron chi connectivity index (χ3n) is 9.81. The Bertz CT molecular complexity index is 1010. The van der Waals surface area contributed by atoms with Gasteiger partial charge in [-0.25, -0.2) is 0 Å². The molecule has 4 rings (SSSR count). The monoisotopic (exact) mass is 642 g/mol. The number of ether oxygens (including phenoxy) is 4. The van der Waals surface area contributed by atoms with E-state index in [4.69, 9.17) is 18.9 Å². The SMILES string of the molecule is CCCCCc1cc(O[C@@H]2O[C@H](CO)[C@@H](O)[C@H](O)[C@H]2O)c([C@@H]2C[C@@H](C)CC[C@H]2C(C)C)c(O[C@@H]2O[C@H](CO)[C@@H](O)[C@H](O)[C@H]2O)c1. The molecular weight excluding hydrogens is 588 g/mol. The van der Waals surface area contributed by atoms with E-state index in [-0.39, 0.29) is 17.8 Å². The normalized spacial score (nSPS) is 39.2. The van der Waals surface area contributed by atoms with Crippen LogP contribution >= 0.6 is 0 Å². The molecule has 1 aromatic carbocycles. The minimum absolute atomic E-state index is 0.0989. The van der Waals surface area contributed by atoms with Crippen LogP contribution in [0.15, 0.2) is 12.1 Å². The molecule has 3 fully saturated rings. The lowest BCUT2D eigenvalue weighted by Crippen LogP contribution is -2.60. The summed E-state index contributed by atoms with van der Waals surface area (Å²) >= 11 is 0. The maximum atomic E-state index is 10.9. The number of hydrogen-bond donors (Lipinski definition) is 8. The van der Waals surface area contributed by atoms with Crippen molar-refractivity contribution in [3.05, 3.63) is 23.3 Å². The fourth-order valence-corrected chi connectivity index (χ4v) is 7.05. The van der Waals surface area contributed by atoms with Crippen molar-refractivity contribution in [1.82, 2.24) is 0 Å². The molecule has 1 aliphatic carbocycles. The average molecular weight is 643 g/mol. The molecule has 45 heavy (non-hydrogen) atoms. The third kappa shape index (κ3) is 8.11. The molecule has 0 unspecified atom stereocenters. The third-order valence-corrected chi connectivity index (χ3v) is 9.81. The predicted molar refractivity (Wildman–Crippen MR) is 163 cm³/mol. The molecule has 12 nitrogen and oxygen atoms in total. The van der Waals surface area contributed by atoms with E-state index in [2.05, 4.69) is 27.7 Å². The van der Waals surface area contributed by atoms with Crippen molar-refractivity contribution in [3.8, 4) is 11.5 Å². The largest absolute Gasteiger partial charge is 0.462 e. The maximum absolute atomic E-state index is 10.9. The number of aliphatic hydroxyl groups excluding tert-OH is 8. The lowest BCUT2D eigenvalue weighted by Gasteiger charge is -2.43. The zero-order valence-electron chi connectivity index (χ0n) is 26.8. The van der Waals surface area contributed by atoms with Crippen LogP contribution in [-0.2, 0) is 15.9 Å². The fraction of sp³-hybridized carbons (Fsp3) is 0.818.